The molecule has 0 radical (unpaired) electrons. The van der Waals surface area contributed by atoms with Crippen LogP contribution in [-0.2, 0) is 12.0 Å². The quantitative estimate of drug-likeness (QED) is 0.133. The Hall–Kier alpha value is -3.39. The average Bonchev–Trinajstić information content (AvgIpc) is 3.85. The predicted molar refractivity (Wildman–Crippen MR) is 206 cm³/mol. The highest BCUT2D eigenvalue weighted by molar-refractivity contribution is 7.14. The van der Waals surface area contributed by atoms with Gasteiger partial charge >= 0.3 is 0 Å². The molecule has 4 aromatic rings. The van der Waals surface area contributed by atoms with E-state index in [1.807, 2.05) is 85.8 Å². The monoisotopic (exact) mass is 703 g/mol. The third-order valence-electron chi connectivity index (χ3n) is 12.6. The summed E-state index contributed by atoms with van der Waals surface area (Å²) in [5.74, 6) is -0.0169. The molecule has 8 rings (SSSR count). The molecule has 1 aliphatic heterocycles. The number of thiophene rings is 1. The third-order valence-corrected chi connectivity index (χ3v) is 13.6. The second kappa shape index (κ2) is 14.6. The molecule has 0 unspecified atom stereocenters. The first-order chi connectivity index (χ1) is 24.5. The maximum absolute atomic E-state index is 14.3. The van der Waals surface area contributed by atoms with E-state index in [1.165, 1.54) is 16.9 Å². The molecule has 0 amide bonds. The maximum atomic E-state index is 14.3. The average molecular weight is 704 g/mol. The number of β-amino-alcohol motifs (C(OH)–C–C–N with tert-alkyl or cyclic N) is 1. The Balaban J connectivity index is 1.29. The Morgan fingerprint density at radius 3 is 2.29 bits per heavy atom. The number of aliphatic hydroxyl groups is 3. The number of hydrogen-bond donors (Lipinski definition) is 3. The zero-order valence-electron chi connectivity index (χ0n) is 30.4. The van der Waals surface area contributed by atoms with Crippen LogP contribution in [0.5, 0.6) is 0 Å². The smallest absolute Gasteiger partial charge is 0.203 e. The molecule has 3 aromatic carbocycles. The zero-order chi connectivity index (χ0) is 35.8. The minimum absolute atomic E-state index is 0.0236. The normalized spacial score (nSPS) is 27.6. The summed E-state index contributed by atoms with van der Waals surface area (Å²) in [5, 5.41) is 37.0. The topological polar surface area (TPSA) is 81.0 Å². The lowest BCUT2D eigenvalue weighted by molar-refractivity contribution is -0.101. The molecule has 4 aliphatic rings. The Bertz CT molecular complexity index is 1830. The van der Waals surface area contributed by atoms with Crippen molar-refractivity contribution in [2.45, 2.75) is 108 Å². The molecule has 6 heteroatoms. The number of likely N-dealkylation sites (tertiary alicyclic amines) is 1. The molecule has 268 valence electrons. The molecular formula is C45H53NO4S. The Morgan fingerprint density at radius 1 is 0.922 bits per heavy atom. The van der Waals surface area contributed by atoms with Crippen LogP contribution in [0.1, 0.15) is 113 Å². The van der Waals surface area contributed by atoms with E-state index in [4.69, 9.17) is 0 Å². The van der Waals surface area contributed by atoms with Crippen molar-refractivity contribution >= 4 is 17.1 Å². The van der Waals surface area contributed by atoms with Crippen LogP contribution >= 0.6 is 11.3 Å². The molecule has 1 saturated heterocycles. The number of nitrogens with zero attached hydrogens (tertiary/aromatic N) is 1. The van der Waals surface area contributed by atoms with E-state index < -0.39 is 22.7 Å². The summed E-state index contributed by atoms with van der Waals surface area (Å²) in [5.41, 5.74) is 2.84. The van der Waals surface area contributed by atoms with E-state index in [-0.39, 0.29) is 17.7 Å². The Labute approximate surface area is 307 Å². The van der Waals surface area contributed by atoms with Crippen LogP contribution < -0.4 is 0 Å². The van der Waals surface area contributed by atoms with E-state index >= 15 is 0 Å². The zero-order valence-corrected chi connectivity index (χ0v) is 31.2. The minimum Gasteiger partial charge on any atom is -0.393 e. The van der Waals surface area contributed by atoms with Crippen molar-refractivity contribution in [1.82, 2.24) is 4.90 Å². The van der Waals surface area contributed by atoms with Gasteiger partial charge in [0.2, 0.25) is 5.78 Å². The van der Waals surface area contributed by atoms with Crippen molar-refractivity contribution in [3.63, 3.8) is 0 Å². The fourth-order valence-corrected chi connectivity index (χ4v) is 10.5. The Kier molecular flexibility index (Phi) is 10.3. The van der Waals surface area contributed by atoms with Crippen molar-refractivity contribution in [3.05, 3.63) is 140 Å². The number of ketones is 1. The second-order valence-electron chi connectivity index (χ2n) is 15.8. The van der Waals surface area contributed by atoms with Crippen LogP contribution in [-0.4, -0.2) is 56.8 Å². The molecule has 0 spiro atoms. The first-order valence-electron chi connectivity index (χ1n) is 18.9. The molecule has 51 heavy (non-hydrogen) atoms. The number of allylic oxidation sites excluding steroid dienone is 2. The number of rotatable bonds is 7. The largest absolute Gasteiger partial charge is 0.393 e. The highest BCUT2D eigenvalue weighted by atomic mass is 32.1. The summed E-state index contributed by atoms with van der Waals surface area (Å²) in [6.45, 7) is 7.68. The van der Waals surface area contributed by atoms with Crippen LogP contribution in [0.2, 0.25) is 0 Å². The lowest BCUT2D eigenvalue weighted by atomic mass is 9.64. The summed E-state index contributed by atoms with van der Waals surface area (Å²) in [7, 11) is 0. The number of carbonyl (C=O) groups is 1. The molecule has 5 nitrogen and oxygen atoms in total. The number of carbonyl (C=O) groups excluding carboxylic acids is 1. The van der Waals surface area contributed by atoms with Gasteiger partial charge < -0.3 is 15.3 Å². The highest BCUT2D eigenvalue weighted by Gasteiger charge is 2.59. The van der Waals surface area contributed by atoms with Crippen LogP contribution in [0.25, 0.3) is 0 Å². The molecule has 2 fully saturated rings. The first-order valence-corrected chi connectivity index (χ1v) is 19.7. The molecule has 3 N–H and O–H groups in total. The predicted octanol–water partition coefficient (Wildman–Crippen LogP) is 8.73. The molecular weight excluding hydrogens is 651 g/mol. The number of aryl methyl sites for hydroxylation is 1. The van der Waals surface area contributed by atoms with Gasteiger partial charge in [-0.25, -0.2) is 0 Å². The van der Waals surface area contributed by atoms with Crippen molar-refractivity contribution in [3.8, 4) is 0 Å². The maximum Gasteiger partial charge on any atom is 0.203 e. The van der Waals surface area contributed by atoms with Gasteiger partial charge in [-0.15, -0.1) is 11.3 Å². The van der Waals surface area contributed by atoms with E-state index in [0.717, 1.165) is 77.1 Å². The fourth-order valence-electron chi connectivity index (χ4n) is 9.65. The molecule has 1 aromatic heterocycles. The van der Waals surface area contributed by atoms with Gasteiger partial charge in [0.15, 0.2) is 0 Å². The summed E-state index contributed by atoms with van der Waals surface area (Å²) >= 11 is 1.52. The molecule has 5 atom stereocenters. The SMILES string of the molecule is CC1=CCC[C@@]2(C)[C@@H](CC[C@@]2(O)CN2CCC[C@@H]2C(O)(c2ccccc2)c2ccccc2)c2ccc(cc2C(=O)c2ccc(C)s2)C[C@@H](O)CC1. The van der Waals surface area contributed by atoms with Crippen molar-refractivity contribution < 1.29 is 20.1 Å². The summed E-state index contributed by atoms with van der Waals surface area (Å²) < 4.78 is 0. The van der Waals surface area contributed by atoms with Crippen molar-refractivity contribution in [2.24, 2.45) is 5.41 Å². The lowest BCUT2D eigenvalue weighted by Gasteiger charge is -2.48. The second-order valence-corrected chi connectivity index (χ2v) is 17.1. The van der Waals surface area contributed by atoms with Crippen LogP contribution in [0.4, 0.5) is 0 Å². The Morgan fingerprint density at radius 2 is 1.63 bits per heavy atom. The first kappa shape index (κ1) is 36.0. The minimum atomic E-state index is -1.24. The number of benzene rings is 3. The van der Waals surface area contributed by atoms with Crippen molar-refractivity contribution in [2.75, 3.05) is 13.1 Å². The highest BCUT2D eigenvalue weighted by Crippen LogP contribution is 2.59. The molecule has 2 bridgehead atoms. The van der Waals surface area contributed by atoms with Crippen LogP contribution in [0, 0.1) is 12.3 Å². The summed E-state index contributed by atoms with van der Waals surface area (Å²) in [6.07, 6.45) is 8.53. The van der Waals surface area contributed by atoms with Gasteiger partial charge in [0, 0.05) is 28.4 Å². The fraction of sp³-hybridized carbons (Fsp3) is 0.444. The summed E-state index contributed by atoms with van der Waals surface area (Å²) in [6, 6.07) is 30.0. The van der Waals surface area contributed by atoms with Crippen molar-refractivity contribution in [1.29, 1.82) is 0 Å². The standard InChI is InChI=1S/C45H53NO4S/c1-31-12-10-25-43(3)39(37-22-20-33(28-36(47)21-18-31)29-38(37)42(48)40-23-19-32(2)51-40)24-26-44(43,49)30-46-27-11-17-41(46)45(50,34-13-6-4-7-14-34)35-15-8-5-9-16-35/h4-9,12-16,19-20,22-23,29,36,39,41,47,49-50H,10-11,17-18,21,24-28,30H2,1-3H3/t36-,39-,41+,43-,44+/m0/s1. The van der Waals surface area contributed by atoms with E-state index in [1.54, 1.807) is 0 Å². The number of aliphatic hydroxyl groups excluding tert-OH is 1. The van der Waals surface area contributed by atoms with Gasteiger partial charge in [-0.05, 0) is 125 Å². The van der Waals surface area contributed by atoms with Gasteiger partial charge in [-0.2, -0.15) is 0 Å². The van der Waals surface area contributed by atoms with E-state index in [2.05, 4.69) is 37.0 Å². The van der Waals surface area contributed by atoms with E-state index in [9.17, 15) is 20.1 Å². The van der Waals surface area contributed by atoms with Crippen LogP contribution in [0.3, 0.4) is 0 Å². The van der Waals surface area contributed by atoms with Gasteiger partial charge in [-0.3, -0.25) is 9.69 Å². The van der Waals surface area contributed by atoms with Crippen LogP contribution in [0.15, 0.2) is 103 Å². The van der Waals surface area contributed by atoms with E-state index in [0.29, 0.717) is 31.4 Å². The van der Waals surface area contributed by atoms with Gasteiger partial charge in [0.25, 0.3) is 0 Å². The third kappa shape index (κ3) is 6.82. The summed E-state index contributed by atoms with van der Waals surface area (Å²) in [4.78, 5) is 18.5. The molecule has 2 heterocycles. The molecule has 1 saturated carbocycles. The number of fused-ring (bicyclic) bond motifs is 8. The van der Waals surface area contributed by atoms with Gasteiger partial charge in [0.1, 0.15) is 5.60 Å². The van der Waals surface area contributed by atoms with Gasteiger partial charge in [-0.1, -0.05) is 91.4 Å². The number of hydrogen-bond acceptors (Lipinski definition) is 6. The molecule has 3 aliphatic carbocycles. The lowest BCUT2D eigenvalue weighted by Crippen LogP contribution is -2.57. The van der Waals surface area contributed by atoms with Gasteiger partial charge in [0.05, 0.1) is 16.6 Å².